The Morgan fingerprint density at radius 2 is 1.96 bits per heavy atom. The number of ether oxygens (including phenoxy) is 1. The van der Waals surface area contributed by atoms with Crippen molar-refractivity contribution in [3.8, 4) is 0 Å². The highest BCUT2D eigenvalue weighted by molar-refractivity contribution is 5.91. The van der Waals surface area contributed by atoms with Crippen LogP contribution in [0.3, 0.4) is 0 Å². The van der Waals surface area contributed by atoms with E-state index in [4.69, 9.17) is 4.74 Å². The first-order valence-corrected chi connectivity index (χ1v) is 10.3. The minimum absolute atomic E-state index is 0.0108. The van der Waals surface area contributed by atoms with Crippen LogP contribution in [0.2, 0.25) is 0 Å². The Hall–Kier alpha value is -2.21. The Morgan fingerprint density at radius 1 is 1.25 bits per heavy atom. The number of amides is 1. The van der Waals surface area contributed by atoms with E-state index in [-0.39, 0.29) is 5.91 Å². The van der Waals surface area contributed by atoms with Crippen molar-refractivity contribution in [1.29, 1.82) is 0 Å². The maximum atomic E-state index is 12.5. The normalized spacial score (nSPS) is 13.9. The summed E-state index contributed by atoms with van der Waals surface area (Å²) in [6.07, 6.45) is 5.49. The van der Waals surface area contributed by atoms with E-state index in [9.17, 15) is 4.79 Å². The maximum absolute atomic E-state index is 12.5. The third kappa shape index (κ3) is 5.41. The van der Waals surface area contributed by atoms with Gasteiger partial charge in [0.1, 0.15) is 11.6 Å². The first kappa shape index (κ1) is 20.5. The highest BCUT2D eigenvalue weighted by atomic mass is 16.5. The van der Waals surface area contributed by atoms with Gasteiger partial charge in [-0.25, -0.2) is 0 Å². The van der Waals surface area contributed by atoms with E-state index in [0.717, 1.165) is 41.3 Å². The number of rotatable bonds is 10. The van der Waals surface area contributed by atoms with E-state index in [2.05, 4.69) is 33.9 Å². The lowest BCUT2D eigenvalue weighted by atomic mass is 10.1. The Labute approximate surface area is 167 Å². The fraction of sp³-hybridized carbons (Fsp3) is 0.591. The minimum atomic E-state index is 0.0108. The molecule has 1 heterocycles. The topological polar surface area (TPSA) is 69.0 Å². The number of carbonyl (C=O) groups excluding carboxylic acids is 1. The third-order valence-electron chi connectivity index (χ3n) is 5.15. The van der Waals surface area contributed by atoms with Gasteiger partial charge < -0.3 is 14.6 Å². The van der Waals surface area contributed by atoms with Crippen molar-refractivity contribution < 1.29 is 9.53 Å². The summed E-state index contributed by atoms with van der Waals surface area (Å²) in [7, 11) is 1.68. The average molecular weight is 385 g/mol. The van der Waals surface area contributed by atoms with E-state index >= 15 is 0 Å². The van der Waals surface area contributed by atoms with Crippen molar-refractivity contribution in [2.24, 2.45) is 5.92 Å². The summed E-state index contributed by atoms with van der Waals surface area (Å²) >= 11 is 0. The summed E-state index contributed by atoms with van der Waals surface area (Å²) in [5, 5.41) is 11.8. The number of aryl methyl sites for hydroxylation is 3. The Kier molecular flexibility index (Phi) is 6.83. The van der Waals surface area contributed by atoms with Crippen LogP contribution >= 0.6 is 0 Å². The lowest BCUT2D eigenvalue weighted by molar-refractivity contribution is -0.116. The standard InChI is InChI=1S/C22H32N4O2/c1-15(2)5-10-20-24-25-21(26(20)18-7-8-18)11-12-22(27)23-19-9-6-17(14-28-4)13-16(19)3/h6,9,13,15,18H,5,7-8,10-12,14H2,1-4H3,(H,23,27). The molecule has 1 aliphatic carbocycles. The highest BCUT2D eigenvalue weighted by Crippen LogP contribution is 2.37. The van der Waals surface area contributed by atoms with Gasteiger partial charge in [0.15, 0.2) is 0 Å². The monoisotopic (exact) mass is 384 g/mol. The van der Waals surface area contributed by atoms with Crippen LogP contribution in [0.25, 0.3) is 0 Å². The van der Waals surface area contributed by atoms with Gasteiger partial charge in [0.05, 0.1) is 6.61 Å². The predicted octanol–water partition coefficient (Wildman–Crippen LogP) is 4.23. The summed E-state index contributed by atoms with van der Waals surface area (Å²) in [6.45, 7) is 7.03. The second kappa shape index (κ2) is 9.32. The van der Waals surface area contributed by atoms with E-state index < -0.39 is 0 Å². The second-order valence-corrected chi connectivity index (χ2v) is 8.20. The van der Waals surface area contributed by atoms with Gasteiger partial charge >= 0.3 is 0 Å². The molecule has 0 unspecified atom stereocenters. The van der Waals surface area contributed by atoms with Crippen LogP contribution < -0.4 is 5.32 Å². The molecule has 1 aromatic carbocycles. The molecule has 0 bridgehead atoms. The first-order chi connectivity index (χ1) is 13.5. The molecule has 1 fully saturated rings. The molecular formula is C22H32N4O2. The molecule has 0 radical (unpaired) electrons. The molecule has 152 valence electrons. The third-order valence-corrected chi connectivity index (χ3v) is 5.15. The summed E-state index contributed by atoms with van der Waals surface area (Å²) in [5.74, 6) is 2.69. The minimum Gasteiger partial charge on any atom is -0.380 e. The van der Waals surface area contributed by atoms with E-state index in [1.807, 2.05) is 25.1 Å². The van der Waals surface area contributed by atoms with Crippen molar-refractivity contribution in [1.82, 2.24) is 14.8 Å². The number of hydrogen-bond acceptors (Lipinski definition) is 4. The summed E-state index contributed by atoms with van der Waals surface area (Å²) in [6, 6.07) is 6.50. The zero-order valence-electron chi connectivity index (χ0n) is 17.5. The molecule has 3 rings (SSSR count). The maximum Gasteiger partial charge on any atom is 0.224 e. The molecule has 0 aliphatic heterocycles. The molecule has 1 aliphatic rings. The number of carbonyl (C=O) groups is 1. The molecule has 0 saturated heterocycles. The van der Waals surface area contributed by atoms with Gasteiger partial charge in [-0.1, -0.05) is 26.0 Å². The number of benzene rings is 1. The molecule has 1 amide bonds. The molecule has 0 atom stereocenters. The molecular weight excluding hydrogens is 352 g/mol. The summed E-state index contributed by atoms with van der Waals surface area (Å²) in [4.78, 5) is 12.5. The smallest absolute Gasteiger partial charge is 0.224 e. The van der Waals surface area contributed by atoms with E-state index in [1.54, 1.807) is 7.11 Å². The number of nitrogens with one attached hydrogen (secondary N) is 1. The Bertz CT molecular complexity index is 809. The van der Waals surface area contributed by atoms with Crippen molar-refractivity contribution in [3.63, 3.8) is 0 Å². The van der Waals surface area contributed by atoms with Crippen molar-refractivity contribution >= 4 is 11.6 Å². The Morgan fingerprint density at radius 3 is 2.57 bits per heavy atom. The molecule has 1 aromatic heterocycles. The average Bonchev–Trinajstić information content (AvgIpc) is 3.41. The lowest BCUT2D eigenvalue weighted by Crippen LogP contribution is -2.15. The van der Waals surface area contributed by atoms with Crippen molar-refractivity contribution in [2.75, 3.05) is 12.4 Å². The van der Waals surface area contributed by atoms with Crippen LogP contribution in [0.5, 0.6) is 0 Å². The van der Waals surface area contributed by atoms with Gasteiger partial charge in [-0.05, 0) is 49.3 Å². The largest absolute Gasteiger partial charge is 0.380 e. The molecule has 0 spiro atoms. The zero-order valence-corrected chi connectivity index (χ0v) is 17.5. The van der Waals surface area contributed by atoms with Crippen molar-refractivity contribution in [2.45, 2.75) is 71.9 Å². The second-order valence-electron chi connectivity index (χ2n) is 8.20. The number of methoxy groups -OCH3 is 1. The van der Waals surface area contributed by atoms with E-state index in [1.165, 1.54) is 12.8 Å². The van der Waals surface area contributed by atoms with Gasteiger partial charge in [0.2, 0.25) is 5.91 Å². The predicted molar refractivity (Wildman–Crippen MR) is 110 cm³/mol. The van der Waals surface area contributed by atoms with Gasteiger partial charge in [0.25, 0.3) is 0 Å². The molecule has 6 nitrogen and oxygen atoms in total. The highest BCUT2D eigenvalue weighted by Gasteiger charge is 2.29. The molecule has 2 aromatic rings. The molecule has 1 N–H and O–H groups in total. The number of nitrogens with zero attached hydrogens (tertiary/aromatic N) is 3. The van der Waals surface area contributed by atoms with Gasteiger partial charge in [0, 0.05) is 38.1 Å². The van der Waals surface area contributed by atoms with E-state index in [0.29, 0.717) is 31.4 Å². The van der Waals surface area contributed by atoms with Crippen LogP contribution in [0.15, 0.2) is 18.2 Å². The fourth-order valence-corrected chi connectivity index (χ4v) is 3.43. The van der Waals surface area contributed by atoms with Crippen molar-refractivity contribution in [3.05, 3.63) is 41.0 Å². The zero-order chi connectivity index (χ0) is 20.1. The summed E-state index contributed by atoms with van der Waals surface area (Å²) < 4.78 is 7.45. The van der Waals surface area contributed by atoms with Crippen LogP contribution in [-0.2, 0) is 29.0 Å². The van der Waals surface area contributed by atoms with Crippen LogP contribution in [0.4, 0.5) is 5.69 Å². The van der Waals surface area contributed by atoms with Crippen LogP contribution in [0.1, 0.15) is 68.3 Å². The number of anilines is 1. The molecule has 28 heavy (non-hydrogen) atoms. The number of aromatic nitrogens is 3. The fourth-order valence-electron chi connectivity index (χ4n) is 3.43. The number of hydrogen-bond donors (Lipinski definition) is 1. The molecule has 1 saturated carbocycles. The SMILES string of the molecule is COCc1ccc(NC(=O)CCc2nnc(CCC(C)C)n2C2CC2)c(C)c1. The van der Waals surface area contributed by atoms with Crippen LogP contribution in [-0.4, -0.2) is 27.8 Å². The Balaban J connectivity index is 1.59. The first-order valence-electron chi connectivity index (χ1n) is 10.3. The van der Waals surface area contributed by atoms with Gasteiger partial charge in [-0.3, -0.25) is 4.79 Å². The lowest BCUT2D eigenvalue weighted by Gasteiger charge is -2.11. The van der Waals surface area contributed by atoms with Gasteiger partial charge in [-0.2, -0.15) is 0 Å². The summed E-state index contributed by atoms with van der Waals surface area (Å²) in [5.41, 5.74) is 3.00. The quantitative estimate of drug-likeness (QED) is 0.666. The van der Waals surface area contributed by atoms with Crippen LogP contribution in [0, 0.1) is 12.8 Å². The van der Waals surface area contributed by atoms with Gasteiger partial charge in [-0.15, -0.1) is 10.2 Å². The molecule has 6 heteroatoms.